The summed E-state index contributed by atoms with van der Waals surface area (Å²) in [5.74, 6) is 2.85. The first-order valence-corrected chi connectivity index (χ1v) is 5.69. The third kappa shape index (κ3) is 2.24. The molecule has 2 saturated carbocycles. The second kappa shape index (κ2) is 3.81. The number of hydrogen-bond acceptors (Lipinski definition) is 0. The Labute approximate surface area is 76.7 Å². The molecule has 2 fully saturated rings. The minimum atomic E-state index is 0.790. The summed E-state index contributed by atoms with van der Waals surface area (Å²) in [5.41, 5.74) is 0. The van der Waals surface area contributed by atoms with Gasteiger partial charge in [-0.15, -0.1) is 0 Å². The van der Waals surface area contributed by atoms with Crippen LogP contribution < -0.4 is 0 Å². The maximum atomic E-state index is 4.34. The van der Waals surface area contributed by atoms with E-state index in [2.05, 4.69) is 6.92 Å². The summed E-state index contributed by atoms with van der Waals surface area (Å²) in [7, 11) is 0. The average Bonchev–Trinajstić information content (AvgIpc) is 2.90. The lowest BCUT2D eigenvalue weighted by molar-refractivity contribution is 0.266. The zero-order valence-corrected chi connectivity index (χ0v) is 8.10. The second-order valence-electron chi connectivity index (χ2n) is 4.84. The highest BCUT2D eigenvalue weighted by Gasteiger charge is 2.28. The summed E-state index contributed by atoms with van der Waals surface area (Å²) in [4.78, 5) is 0. The molecule has 0 spiro atoms. The number of hydrogen-bond donors (Lipinski definition) is 0. The fraction of sp³-hybridized carbons (Fsp3) is 0.917. The van der Waals surface area contributed by atoms with Crippen molar-refractivity contribution < 1.29 is 0 Å². The zero-order valence-electron chi connectivity index (χ0n) is 8.10. The van der Waals surface area contributed by atoms with E-state index in [0.717, 1.165) is 17.8 Å². The molecule has 0 N–H and O–H groups in total. The van der Waals surface area contributed by atoms with Crippen LogP contribution in [0.2, 0.25) is 0 Å². The molecule has 0 nitrogen and oxygen atoms in total. The molecule has 0 aromatic carbocycles. The van der Waals surface area contributed by atoms with Crippen molar-refractivity contribution in [1.29, 1.82) is 0 Å². The molecule has 1 atom stereocenters. The van der Waals surface area contributed by atoms with Gasteiger partial charge in [-0.25, -0.2) is 0 Å². The molecule has 2 aliphatic rings. The molecule has 0 aliphatic heterocycles. The van der Waals surface area contributed by atoms with E-state index in [0.29, 0.717) is 0 Å². The van der Waals surface area contributed by atoms with E-state index in [-0.39, 0.29) is 0 Å². The standard InChI is InChI=1S/C12H21/c1-10(9-11-7-8-11)12-5-3-2-4-6-12/h10-12H,1-9H2. The van der Waals surface area contributed by atoms with Crippen molar-refractivity contribution in [3.8, 4) is 0 Å². The van der Waals surface area contributed by atoms with Crippen LogP contribution in [0.1, 0.15) is 51.4 Å². The minimum Gasteiger partial charge on any atom is -0.0533 e. The monoisotopic (exact) mass is 165 g/mol. The van der Waals surface area contributed by atoms with Crippen LogP contribution in [0.5, 0.6) is 0 Å². The van der Waals surface area contributed by atoms with Gasteiger partial charge in [0.2, 0.25) is 0 Å². The quantitative estimate of drug-likeness (QED) is 0.596. The van der Waals surface area contributed by atoms with Crippen LogP contribution in [-0.2, 0) is 0 Å². The predicted octanol–water partition coefficient (Wildman–Crippen LogP) is 3.82. The molecule has 2 aliphatic carbocycles. The fourth-order valence-electron chi connectivity index (χ4n) is 2.58. The normalized spacial score (nSPS) is 28.8. The van der Waals surface area contributed by atoms with Gasteiger partial charge < -0.3 is 0 Å². The number of rotatable bonds is 3. The summed E-state index contributed by atoms with van der Waals surface area (Å²) < 4.78 is 0. The van der Waals surface area contributed by atoms with Gasteiger partial charge in [-0.2, -0.15) is 0 Å². The highest BCUT2D eigenvalue weighted by atomic mass is 14.3. The largest absolute Gasteiger partial charge is 0.0533 e. The first-order chi connectivity index (χ1) is 5.86. The van der Waals surface area contributed by atoms with Gasteiger partial charge in [-0.3, -0.25) is 0 Å². The average molecular weight is 165 g/mol. The molecule has 1 unspecified atom stereocenters. The van der Waals surface area contributed by atoms with E-state index in [9.17, 15) is 0 Å². The third-order valence-corrected chi connectivity index (χ3v) is 3.65. The van der Waals surface area contributed by atoms with Crippen molar-refractivity contribution in [2.45, 2.75) is 51.4 Å². The third-order valence-electron chi connectivity index (χ3n) is 3.65. The zero-order chi connectivity index (χ0) is 8.39. The summed E-state index contributed by atoms with van der Waals surface area (Å²) in [6.45, 7) is 4.34. The van der Waals surface area contributed by atoms with Gasteiger partial charge in [0, 0.05) is 0 Å². The molecule has 0 heteroatoms. The molecule has 0 aromatic rings. The molecule has 0 heterocycles. The lowest BCUT2D eigenvalue weighted by atomic mass is 9.79. The first-order valence-electron chi connectivity index (χ1n) is 5.69. The maximum Gasteiger partial charge on any atom is -0.0383 e. The van der Waals surface area contributed by atoms with E-state index in [1.807, 2.05) is 0 Å². The van der Waals surface area contributed by atoms with Crippen LogP contribution in [0.15, 0.2) is 0 Å². The molecule has 0 saturated heterocycles. The summed E-state index contributed by atoms with van der Waals surface area (Å²) >= 11 is 0. The molecule has 12 heavy (non-hydrogen) atoms. The van der Waals surface area contributed by atoms with Crippen molar-refractivity contribution in [2.75, 3.05) is 0 Å². The van der Waals surface area contributed by atoms with Gasteiger partial charge in [0.15, 0.2) is 0 Å². The summed E-state index contributed by atoms with van der Waals surface area (Å²) in [5, 5.41) is 0. The summed E-state index contributed by atoms with van der Waals surface area (Å²) in [6, 6.07) is 0. The van der Waals surface area contributed by atoms with Crippen LogP contribution in [0.25, 0.3) is 0 Å². The molecular weight excluding hydrogens is 144 g/mol. The van der Waals surface area contributed by atoms with Gasteiger partial charge in [-0.1, -0.05) is 44.9 Å². The molecule has 69 valence electrons. The van der Waals surface area contributed by atoms with E-state index in [1.54, 1.807) is 0 Å². The van der Waals surface area contributed by atoms with Gasteiger partial charge in [0.25, 0.3) is 0 Å². The summed E-state index contributed by atoms with van der Waals surface area (Å²) in [6.07, 6.45) is 11.8. The van der Waals surface area contributed by atoms with Crippen molar-refractivity contribution in [3.63, 3.8) is 0 Å². The smallest absolute Gasteiger partial charge is 0.0383 e. The SMILES string of the molecule is [CH2]C(CC1CC1)C1CCCCC1. The molecule has 0 amide bonds. The second-order valence-corrected chi connectivity index (χ2v) is 4.84. The van der Waals surface area contributed by atoms with Crippen molar-refractivity contribution in [3.05, 3.63) is 6.92 Å². The molecule has 0 bridgehead atoms. The Hall–Kier alpha value is 0. The fourth-order valence-corrected chi connectivity index (χ4v) is 2.58. The van der Waals surface area contributed by atoms with Crippen LogP contribution in [-0.4, -0.2) is 0 Å². The van der Waals surface area contributed by atoms with E-state index < -0.39 is 0 Å². The van der Waals surface area contributed by atoms with Crippen LogP contribution in [0.4, 0.5) is 0 Å². The van der Waals surface area contributed by atoms with Gasteiger partial charge in [-0.05, 0) is 31.1 Å². The topological polar surface area (TPSA) is 0 Å². The van der Waals surface area contributed by atoms with E-state index >= 15 is 0 Å². The lowest BCUT2D eigenvalue weighted by Gasteiger charge is -2.27. The Bertz CT molecular complexity index is 129. The Morgan fingerprint density at radius 3 is 2.25 bits per heavy atom. The van der Waals surface area contributed by atoms with Crippen LogP contribution >= 0.6 is 0 Å². The Morgan fingerprint density at radius 2 is 1.67 bits per heavy atom. The molecule has 1 radical (unpaired) electrons. The first kappa shape index (κ1) is 8.59. The highest BCUT2D eigenvalue weighted by Crippen LogP contribution is 2.40. The van der Waals surface area contributed by atoms with Crippen molar-refractivity contribution >= 4 is 0 Å². The van der Waals surface area contributed by atoms with Gasteiger partial charge in [0.05, 0.1) is 0 Å². The minimum absolute atomic E-state index is 0.790. The Kier molecular flexibility index (Phi) is 2.73. The van der Waals surface area contributed by atoms with Gasteiger partial charge >= 0.3 is 0 Å². The molecule has 2 rings (SSSR count). The highest BCUT2D eigenvalue weighted by molar-refractivity contribution is 4.82. The molecular formula is C12H21. The lowest BCUT2D eigenvalue weighted by Crippen LogP contribution is -2.15. The molecule has 0 aromatic heterocycles. The van der Waals surface area contributed by atoms with E-state index in [1.165, 1.54) is 51.4 Å². The Balaban J connectivity index is 1.72. The van der Waals surface area contributed by atoms with Crippen molar-refractivity contribution in [2.24, 2.45) is 17.8 Å². The van der Waals surface area contributed by atoms with Gasteiger partial charge in [0.1, 0.15) is 0 Å². The van der Waals surface area contributed by atoms with E-state index in [4.69, 9.17) is 0 Å². The maximum absolute atomic E-state index is 4.34. The Morgan fingerprint density at radius 1 is 1.00 bits per heavy atom. The van der Waals surface area contributed by atoms with Crippen LogP contribution in [0.3, 0.4) is 0 Å². The van der Waals surface area contributed by atoms with Crippen LogP contribution in [0, 0.1) is 24.7 Å². The van der Waals surface area contributed by atoms with Crippen molar-refractivity contribution in [1.82, 2.24) is 0 Å². The predicted molar refractivity (Wildman–Crippen MR) is 52.8 cm³/mol.